The molecule has 0 radical (unpaired) electrons. The first-order valence-corrected chi connectivity index (χ1v) is 7.85. The molecule has 0 spiro atoms. The smallest absolute Gasteiger partial charge is 0.339 e. The first kappa shape index (κ1) is 14.5. The van der Waals surface area contributed by atoms with Gasteiger partial charge in [-0.15, -0.1) is 0 Å². The van der Waals surface area contributed by atoms with Crippen molar-refractivity contribution in [1.29, 1.82) is 0 Å². The van der Waals surface area contributed by atoms with Crippen LogP contribution in [-0.2, 0) is 9.59 Å². The average Bonchev–Trinajstić information content (AvgIpc) is 3.44. The number of nitrogens with one attached hydrogen (secondary N) is 2. The highest BCUT2D eigenvalue weighted by Gasteiger charge is 2.56. The fourth-order valence-corrected chi connectivity index (χ4v) is 2.50. The molecule has 0 unspecified atom stereocenters. The van der Waals surface area contributed by atoms with Gasteiger partial charge in [0, 0.05) is 11.8 Å². The lowest BCUT2D eigenvalue weighted by molar-refractivity contribution is -0.131. The molecular formula is C18H17N3O6. The summed E-state index contributed by atoms with van der Waals surface area (Å²) in [6.07, 6.45) is 0.528. The van der Waals surface area contributed by atoms with Gasteiger partial charge in [-0.2, -0.15) is 4.98 Å². The van der Waals surface area contributed by atoms with Crippen LogP contribution in [0.1, 0.15) is 27.3 Å². The fraction of sp³-hybridized carbons (Fsp3) is 0.222. The number of nitrogens with zero attached hydrogens (tertiary/aromatic N) is 1. The Bertz CT molecular complexity index is 1020. The molecular weight excluding hydrogens is 354 g/mol. The molecule has 2 aromatic rings. The van der Waals surface area contributed by atoms with Crippen molar-refractivity contribution in [2.45, 2.75) is 12.8 Å². The van der Waals surface area contributed by atoms with Gasteiger partial charge in [-0.3, -0.25) is 9.59 Å². The maximum atomic E-state index is 12.7. The predicted molar refractivity (Wildman–Crippen MR) is 94.8 cm³/mol. The third kappa shape index (κ3) is 3.66. The van der Waals surface area contributed by atoms with Crippen LogP contribution in [0.4, 0.5) is 11.5 Å². The number of ether oxygens (including phenoxy) is 1. The van der Waals surface area contributed by atoms with Gasteiger partial charge in [-0.1, -0.05) is 6.07 Å². The molecule has 0 aliphatic heterocycles. The molecule has 4 N–H and O–H groups in total. The van der Waals surface area contributed by atoms with Gasteiger partial charge < -0.3 is 25.6 Å². The van der Waals surface area contributed by atoms with E-state index in [0.29, 0.717) is 0 Å². The first-order chi connectivity index (χ1) is 14.0. The Balaban J connectivity index is 1.71. The number of amides is 2. The highest BCUT2D eigenvalue weighted by atomic mass is 16.5. The number of hydrogen-bond donors (Lipinski definition) is 4. The number of benzene rings is 1. The van der Waals surface area contributed by atoms with E-state index in [0.717, 1.165) is 12.1 Å². The number of carboxylic acid groups (broad SMARTS) is 1. The molecule has 9 heteroatoms. The van der Waals surface area contributed by atoms with Crippen LogP contribution in [0.25, 0.3) is 0 Å². The molecule has 1 saturated carbocycles. The van der Waals surface area contributed by atoms with Crippen LogP contribution >= 0.6 is 0 Å². The van der Waals surface area contributed by atoms with E-state index in [-0.39, 0.29) is 30.2 Å². The Labute approximate surface area is 158 Å². The SMILES string of the molecule is [2H]C([2H])([2H])Oc1cccc(NC(=O)C2(C(=O)Nc3ccc(O)c(C(=O)O)c3)CC2)n1. The number of pyridine rings is 1. The van der Waals surface area contributed by atoms with E-state index in [9.17, 15) is 19.5 Å². The van der Waals surface area contributed by atoms with Gasteiger partial charge in [0.05, 0.1) is 11.2 Å². The summed E-state index contributed by atoms with van der Waals surface area (Å²) < 4.78 is 25.9. The van der Waals surface area contributed by atoms with E-state index in [1.165, 1.54) is 24.3 Å². The average molecular weight is 374 g/mol. The largest absolute Gasteiger partial charge is 0.507 e. The highest BCUT2D eigenvalue weighted by Crippen LogP contribution is 2.47. The molecule has 1 aliphatic rings. The molecule has 3 rings (SSSR count). The summed E-state index contributed by atoms with van der Waals surface area (Å²) in [5, 5.41) is 23.5. The van der Waals surface area contributed by atoms with Crippen molar-refractivity contribution in [2.24, 2.45) is 5.41 Å². The van der Waals surface area contributed by atoms with Gasteiger partial charge in [0.1, 0.15) is 22.5 Å². The zero-order chi connectivity index (χ0) is 22.1. The molecule has 2 amide bonds. The highest BCUT2D eigenvalue weighted by molar-refractivity contribution is 6.16. The van der Waals surface area contributed by atoms with Crippen LogP contribution in [0, 0.1) is 5.41 Å². The van der Waals surface area contributed by atoms with Crippen LogP contribution in [-0.4, -0.2) is 40.0 Å². The maximum Gasteiger partial charge on any atom is 0.339 e. The number of phenols is 1. The van der Waals surface area contributed by atoms with Gasteiger partial charge >= 0.3 is 5.97 Å². The summed E-state index contributed by atoms with van der Waals surface area (Å²) in [5.74, 6) is -3.31. The molecule has 0 atom stereocenters. The van der Waals surface area contributed by atoms with Crippen LogP contribution in [0.15, 0.2) is 36.4 Å². The Kier molecular flexibility index (Phi) is 3.74. The molecule has 0 saturated heterocycles. The number of aromatic hydroxyl groups is 1. The lowest BCUT2D eigenvalue weighted by Crippen LogP contribution is -2.35. The number of carboxylic acids is 1. The molecule has 27 heavy (non-hydrogen) atoms. The normalized spacial score (nSPS) is 16.2. The lowest BCUT2D eigenvalue weighted by atomic mass is 10.0. The summed E-state index contributed by atoms with van der Waals surface area (Å²) in [4.78, 5) is 40.3. The fourth-order valence-electron chi connectivity index (χ4n) is 2.50. The van der Waals surface area contributed by atoms with E-state index in [1.54, 1.807) is 0 Å². The molecule has 1 aliphatic carbocycles. The van der Waals surface area contributed by atoms with Crippen molar-refractivity contribution in [1.82, 2.24) is 4.98 Å². The van der Waals surface area contributed by atoms with Crippen LogP contribution in [0.2, 0.25) is 0 Å². The maximum absolute atomic E-state index is 12.7. The van der Waals surface area contributed by atoms with E-state index in [4.69, 9.17) is 9.22 Å². The Morgan fingerprint density at radius 1 is 1.19 bits per heavy atom. The summed E-state index contributed by atoms with van der Waals surface area (Å²) >= 11 is 0. The van der Waals surface area contributed by atoms with Gasteiger partial charge in [-0.05, 0) is 37.1 Å². The number of carbonyl (C=O) groups excluding carboxylic acids is 2. The predicted octanol–water partition coefficient (Wildman–Crippen LogP) is 1.85. The second-order valence-corrected chi connectivity index (χ2v) is 5.99. The van der Waals surface area contributed by atoms with Crippen molar-refractivity contribution >= 4 is 29.3 Å². The molecule has 1 fully saturated rings. The zero-order valence-electron chi connectivity index (χ0n) is 16.9. The Morgan fingerprint density at radius 2 is 1.93 bits per heavy atom. The summed E-state index contributed by atoms with van der Waals surface area (Å²) in [5.41, 5.74) is -1.65. The molecule has 1 aromatic carbocycles. The number of aromatic carboxylic acids is 1. The van der Waals surface area contributed by atoms with Crippen molar-refractivity contribution in [3.8, 4) is 11.6 Å². The van der Waals surface area contributed by atoms with E-state index < -0.39 is 41.5 Å². The molecule has 0 bridgehead atoms. The summed E-state index contributed by atoms with van der Waals surface area (Å²) in [6, 6.07) is 7.68. The topological polar surface area (TPSA) is 138 Å². The third-order valence-electron chi connectivity index (χ3n) is 4.17. The van der Waals surface area contributed by atoms with E-state index in [1.807, 2.05) is 0 Å². The quantitative estimate of drug-likeness (QED) is 0.447. The number of aromatic nitrogens is 1. The van der Waals surface area contributed by atoms with E-state index >= 15 is 0 Å². The van der Waals surface area contributed by atoms with Gasteiger partial charge in [-0.25, -0.2) is 4.79 Å². The van der Waals surface area contributed by atoms with Gasteiger partial charge in [0.2, 0.25) is 17.7 Å². The van der Waals surface area contributed by atoms with Crippen LogP contribution in [0.3, 0.4) is 0 Å². The summed E-state index contributed by atoms with van der Waals surface area (Å²) in [6.45, 7) is 0. The van der Waals surface area contributed by atoms with Crippen molar-refractivity contribution < 1.29 is 33.4 Å². The van der Waals surface area contributed by atoms with Gasteiger partial charge in [0.15, 0.2) is 0 Å². The summed E-state index contributed by atoms with van der Waals surface area (Å²) in [7, 11) is -2.70. The monoisotopic (exact) mass is 374 g/mol. The Hall–Kier alpha value is -3.62. The number of carbonyl (C=O) groups is 3. The van der Waals surface area contributed by atoms with E-state index in [2.05, 4.69) is 20.4 Å². The zero-order valence-corrected chi connectivity index (χ0v) is 13.9. The standard InChI is InChI=1S/C18H17N3O6/c1-27-14-4-2-3-13(20-14)21-17(26)18(7-8-18)16(25)19-10-5-6-12(22)11(9-10)15(23)24/h2-6,9,22H,7-8H2,1H3,(H,19,25)(H,23,24)(H,20,21,26)/i1D3. The molecule has 1 heterocycles. The third-order valence-corrected chi connectivity index (χ3v) is 4.17. The van der Waals surface area contributed by atoms with Gasteiger partial charge in [0.25, 0.3) is 0 Å². The van der Waals surface area contributed by atoms with Crippen molar-refractivity contribution in [2.75, 3.05) is 17.7 Å². The molecule has 9 nitrogen and oxygen atoms in total. The number of hydrogen-bond acceptors (Lipinski definition) is 6. The van der Waals surface area contributed by atoms with Crippen molar-refractivity contribution in [3.05, 3.63) is 42.0 Å². The second kappa shape index (κ2) is 6.94. The number of methoxy groups -OCH3 is 1. The Morgan fingerprint density at radius 3 is 2.59 bits per heavy atom. The second-order valence-electron chi connectivity index (χ2n) is 5.99. The minimum atomic E-state index is -2.70. The van der Waals surface area contributed by atoms with Crippen LogP contribution in [0.5, 0.6) is 11.6 Å². The van der Waals surface area contributed by atoms with Crippen LogP contribution < -0.4 is 15.4 Å². The number of anilines is 2. The number of rotatable bonds is 6. The van der Waals surface area contributed by atoms with Crippen molar-refractivity contribution in [3.63, 3.8) is 0 Å². The molecule has 1 aromatic heterocycles. The molecule has 140 valence electrons. The minimum Gasteiger partial charge on any atom is -0.507 e. The minimum absolute atomic E-state index is 0.0126. The first-order valence-electron chi connectivity index (χ1n) is 9.35. The lowest BCUT2D eigenvalue weighted by Gasteiger charge is -2.15.